The van der Waals surface area contributed by atoms with Gasteiger partial charge in [-0.15, -0.1) is 0 Å². The first-order valence-corrected chi connectivity index (χ1v) is 9.03. The number of hydrogen-bond acceptors (Lipinski definition) is 3. The molecule has 0 amide bonds. The number of aryl methyl sites for hydroxylation is 2. The lowest BCUT2D eigenvalue weighted by atomic mass is 10.1. The fraction of sp³-hybridized carbons (Fsp3) is 0.812. The quantitative estimate of drug-likeness (QED) is 0.697. The Balaban J connectivity index is 2.74. The Morgan fingerprint density at radius 1 is 1.24 bits per heavy atom. The second kappa shape index (κ2) is 9.59. The molecular formula is C16H31BrN4. The van der Waals surface area contributed by atoms with E-state index in [1.54, 1.807) is 0 Å². The third-order valence-electron chi connectivity index (χ3n) is 4.23. The van der Waals surface area contributed by atoms with Crippen LogP contribution in [-0.2, 0) is 19.4 Å². The van der Waals surface area contributed by atoms with E-state index in [1.807, 2.05) is 0 Å². The average molecular weight is 359 g/mol. The molecule has 4 nitrogen and oxygen atoms in total. The summed E-state index contributed by atoms with van der Waals surface area (Å²) in [5, 5.41) is 8.16. The van der Waals surface area contributed by atoms with E-state index in [0.717, 1.165) is 39.0 Å². The minimum Gasteiger partial charge on any atom is -0.317 e. The van der Waals surface area contributed by atoms with Crippen molar-refractivity contribution in [1.29, 1.82) is 0 Å². The van der Waals surface area contributed by atoms with E-state index >= 15 is 0 Å². The Bertz CT molecular complexity index is 413. The van der Waals surface area contributed by atoms with Crippen LogP contribution in [0.4, 0.5) is 0 Å². The number of hydrogen-bond donors (Lipinski definition) is 1. The van der Waals surface area contributed by atoms with Gasteiger partial charge in [0.2, 0.25) is 0 Å². The molecule has 1 aromatic rings. The van der Waals surface area contributed by atoms with E-state index in [-0.39, 0.29) is 0 Å². The third kappa shape index (κ3) is 5.08. The second-order valence-electron chi connectivity index (χ2n) is 5.38. The van der Waals surface area contributed by atoms with Crippen molar-refractivity contribution >= 4 is 15.9 Å². The van der Waals surface area contributed by atoms with Crippen LogP contribution in [0.15, 0.2) is 4.47 Å². The Morgan fingerprint density at radius 3 is 2.38 bits per heavy atom. The van der Waals surface area contributed by atoms with E-state index in [2.05, 4.69) is 65.6 Å². The van der Waals surface area contributed by atoms with Crippen molar-refractivity contribution in [3.8, 4) is 0 Å². The van der Waals surface area contributed by atoms with Crippen LogP contribution >= 0.6 is 15.9 Å². The van der Waals surface area contributed by atoms with Gasteiger partial charge in [-0.2, -0.15) is 5.10 Å². The number of nitrogens with zero attached hydrogens (tertiary/aromatic N) is 3. The summed E-state index contributed by atoms with van der Waals surface area (Å²) in [7, 11) is 2.06. The maximum atomic E-state index is 4.69. The Hall–Kier alpha value is -0.390. The van der Waals surface area contributed by atoms with Gasteiger partial charge in [0.25, 0.3) is 0 Å². The fourth-order valence-corrected chi connectivity index (χ4v) is 3.40. The SMILES string of the molecule is CCc1nn(CC)c(CC(CCN(CC)CC)NC)c1Br. The number of halogens is 1. The summed E-state index contributed by atoms with van der Waals surface area (Å²) in [6.07, 6.45) is 3.17. The molecule has 1 atom stereocenters. The molecule has 122 valence electrons. The van der Waals surface area contributed by atoms with E-state index in [9.17, 15) is 0 Å². The fourth-order valence-electron chi connectivity index (χ4n) is 2.67. The van der Waals surface area contributed by atoms with Gasteiger partial charge in [-0.3, -0.25) is 4.68 Å². The number of aromatic nitrogens is 2. The lowest BCUT2D eigenvalue weighted by molar-refractivity contribution is 0.282. The molecule has 0 aromatic carbocycles. The molecule has 0 aliphatic carbocycles. The normalized spacial score (nSPS) is 13.1. The number of likely N-dealkylation sites (N-methyl/N-ethyl adjacent to an activating group) is 1. The maximum absolute atomic E-state index is 4.69. The highest BCUT2D eigenvalue weighted by Gasteiger charge is 2.18. The maximum Gasteiger partial charge on any atom is 0.0766 e. The minimum absolute atomic E-state index is 0.494. The molecule has 1 N–H and O–H groups in total. The molecular weight excluding hydrogens is 328 g/mol. The minimum atomic E-state index is 0.494. The summed E-state index contributed by atoms with van der Waals surface area (Å²) >= 11 is 3.75. The summed E-state index contributed by atoms with van der Waals surface area (Å²) in [6.45, 7) is 13.1. The molecule has 1 unspecified atom stereocenters. The van der Waals surface area contributed by atoms with Crippen LogP contribution in [0.2, 0.25) is 0 Å². The van der Waals surface area contributed by atoms with Gasteiger partial charge in [0.05, 0.1) is 15.9 Å². The smallest absolute Gasteiger partial charge is 0.0766 e. The molecule has 1 rings (SSSR count). The summed E-state index contributed by atoms with van der Waals surface area (Å²) in [5.41, 5.74) is 2.50. The summed E-state index contributed by atoms with van der Waals surface area (Å²) in [5.74, 6) is 0. The highest BCUT2D eigenvalue weighted by atomic mass is 79.9. The summed E-state index contributed by atoms with van der Waals surface area (Å²) in [4.78, 5) is 2.48. The van der Waals surface area contributed by atoms with Gasteiger partial charge >= 0.3 is 0 Å². The summed E-state index contributed by atoms with van der Waals surface area (Å²) < 4.78 is 3.35. The molecule has 1 heterocycles. The zero-order chi connectivity index (χ0) is 15.8. The highest BCUT2D eigenvalue weighted by Crippen LogP contribution is 2.24. The monoisotopic (exact) mass is 358 g/mol. The molecule has 0 saturated carbocycles. The predicted molar refractivity (Wildman–Crippen MR) is 93.9 cm³/mol. The molecule has 21 heavy (non-hydrogen) atoms. The Morgan fingerprint density at radius 2 is 1.90 bits per heavy atom. The van der Waals surface area contributed by atoms with Gasteiger partial charge in [0.1, 0.15) is 0 Å². The zero-order valence-corrected chi connectivity index (χ0v) is 15.8. The van der Waals surface area contributed by atoms with Crippen LogP contribution in [-0.4, -0.2) is 47.4 Å². The lowest BCUT2D eigenvalue weighted by Gasteiger charge is -2.23. The highest BCUT2D eigenvalue weighted by molar-refractivity contribution is 9.10. The molecule has 0 fully saturated rings. The average Bonchev–Trinajstić information content (AvgIpc) is 2.82. The van der Waals surface area contributed by atoms with E-state index < -0.39 is 0 Å². The topological polar surface area (TPSA) is 33.1 Å². The van der Waals surface area contributed by atoms with Crippen molar-refractivity contribution in [2.24, 2.45) is 0 Å². The molecule has 0 spiro atoms. The molecule has 0 saturated heterocycles. The zero-order valence-electron chi connectivity index (χ0n) is 14.2. The van der Waals surface area contributed by atoms with Gasteiger partial charge in [0, 0.05) is 19.0 Å². The Kier molecular flexibility index (Phi) is 8.52. The predicted octanol–water partition coefficient (Wildman–Crippen LogP) is 3.09. The molecule has 0 radical (unpaired) electrons. The standard InChI is InChI=1S/C16H31BrN4/c1-6-14-16(17)15(21(9-4)19-14)12-13(18-5)10-11-20(7-2)8-3/h13,18H,6-12H2,1-5H3. The van der Waals surface area contributed by atoms with Crippen LogP contribution in [0.1, 0.15) is 45.5 Å². The van der Waals surface area contributed by atoms with Gasteiger partial charge < -0.3 is 10.2 Å². The van der Waals surface area contributed by atoms with Crippen molar-refractivity contribution in [1.82, 2.24) is 20.0 Å². The molecule has 0 bridgehead atoms. The number of rotatable bonds is 10. The largest absolute Gasteiger partial charge is 0.317 e. The number of nitrogens with one attached hydrogen (secondary N) is 1. The van der Waals surface area contributed by atoms with Crippen LogP contribution in [0.5, 0.6) is 0 Å². The third-order valence-corrected chi connectivity index (χ3v) is 5.15. The van der Waals surface area contributed by atoms with Crippen LogP contribution in [0.25, 0.3) is 0 Å². The Labute approximate surface area is 138 Å². The van der Waals surface area contributed by atoms with Crippen LogP contribution in [0, 0.1) is 0 Å². The van der Waals surface area contributed by atoms with E-state index in [1.165, 1.54) is 22.3 Å². The molecule has 5 heteroatoms. The molecule has 0 aliphatic heterocycles. The van der Waals surface area contributed by atoms with Crippen molar-refractivity contribution in [3.63, 3.8) is 0 Å². The van der Waals surface area contributed by atoms with Crippen LogP contribution < -0.4 is 5.32 Å². The molecule has 0 aliphatic rings. The summed E-state index contributed by atoms with van der Waals surface area (Å²) in [6, 6.07) is 0.494. The van der Waals surface area contributed by atoms with E-state index in [0.29, 0.717) is 6.04 Å². The first kappa shape index (κ1) is 18.7. The van der Waals surface area contributed by atoms with Gasteiger partial charge in [-0.25, -0.2) is 0 Å². The van der Waals surface area contributed by atoms with Crippen molar-refractivity contribution in [2.45, 2.75) is 59.5 Å². The van der Waals surface area contributed by atoms with Gasteiger partial charge in [-0.05, 0) is 62.4 Å². The first-order chi connectivity index (χ1) is 10.1. The molecule has 1 aromatic heterocycles. The van der Waals surface area contributed by atoms with Crippen molar-refractivity contribution in [3.05, 3.63) is 15.9 Å². The van der Waals surface area contributed by atoms with Crippen LogP contribution in [0.3, 0.4) is 0 Å². The van der Waals surface area contributed by atoms with Crippen molar-refractivity contribution in [2.75, 3.05) is 26.7 Å². The van der Waals surface area contributed by atoms with Crippen molar-refractivity contribution < 1.29 is 0 Å². The lowest BCUT2D eigenvalue weighted by Crippen LogP contribution is -2.34. The van der Waals surface area contributed by atoms with E-state index in [4.69, 9.17) is 5.10 Å². The second-order valence-corrected chi connectivity index (χ2v) is 6.17. The van der Waals surface area contributed by atoms with Gasteiger partial charge in [0.15, 0.2) is 0 Å². The first-order valence-electron chi connectivity index (χ1n) is 8.24. The van der Waals surface area contributed by atoms with Gasteiger partial charge in [-0.1, -0.05) is 20.8 Å².